The lowest BCUT2D eigenvalue weighted by molar-refractivity contribution is -0.136. The Kier molecular flexibility index (Phi) is 11.3. The SMILES string of the molecule is CCC(CC)(/C(=C/C(C)=C/CCC(O)C(C)(C)C)SC)c1ccc(CCC(=O)O)c(C)c1. The van der Waals surface area contributed by atoms with Crippen LogP contribution in [0, 0.1) is 12.3 Å². The number of aliphatic carboxylic acids is 1. The second kappa shape index (κ2) is 12.6. The first-order chi connectivity index (χ1) is 14.9. The third-order valence-electron chi connectivity index (χ3n) is 6.67. The summed E-state index contributed by atoms with van der Waals surface area (Å²) in [5.41, 5.74) is 4.66. The molecule has 0 heterocycles. The topological polar surface area (TPSA) is 57.5 Å². The number of hydrogen-bond donors (Lipinski definition) is 2. The van der Waals surface area contributed by atoms with Crippen LogP contribution >= 0.6 is 11.8 Å². The van der Waals surface area contributed by atoms with E-state index in [4.69, 9.17) is 5.11 Å². The summed E-state index contributed by atoms with van der Waals surface area (Å²) >= 11 is 1.81. The fourth-order valence-electron chi connectivity index (χ4n) is 4.22. The van der Waals surface area contributed by atoms with Crippen LogP contribution in [-0.4, -0.2) is 28.5 Å². The van der Waals surface area contributed by atoms with Crippen LogP contribution in [0.4, 0.5) is 0 Å². The summed E-state index contributed by atoms with van der Waals surface area (Å²) in [6.45, 7) is 15.0. The average molecular weight is 461 g/mol. The molecule has 0 aliphatic carbocycles. The van der Waals surface area contributed by atoms with Gasteiger partial charge in [-0.2, -0.15) is 0 Å². The molecule has 0 fully saturated rings. The molecule has 32 heavy (non-hydrogen) atoms. The zero-order chi connectivity index (χ0) is 24.5. The highest BCUT2D eigenvalue weighted by atomic mass is 32.2. The van der Waals surface area contributed by atoms with Gasteiger partial charge in [-0.1, -0.05) is 64.5 Å². The van der Waals surface area contributed by atoms with Crippen LogP contribution < -0.4 is 0 Å². The Morgan fingerprint density at radius 3 is 2.28 bits per heavy atom. The summed E-state index contributed by atoms with van der Waals surface area (Å²) in [4.78, 5) is 12.3. The molecule has 0 aromatic heterocycles. The molecule has 2 N–H and O–H groups in total. The van der Waals surface area contributed by atoms with Gasteiger partial charge in [0.2, 0.25) is 0 Å². The Morgan fingerprint density at radius 1 is 1.19 bits per heavy atom. The van der Waals surface area contributed by atoms with Gasteiger partial charge in [0.1, 0.15) is 0 Å². The van der Waals surface area contributed by atoms with E-state index in [0.717, 1.165) is 31.2 Å². The predicted octanol–water partition coefficient (Wildman–Crippen LogP) is 7.45. The minimum absolute atomic E-state index is 0.0600. The molecule has 0 saturated heterocycles. The van der Waals surface area contributed by atoms with E-state index in [-0.39, 0.29) is 23.4 Å². The van der Waals surface area contributed by atoms with Crippen molar-refractivity contribution in [2.75, 3.05) is 6.26 Å². The quantitative estimate of drug-likeness (QED) is 0.318. The monoisotopic (exact) mass is 460 g/mol. The Labute approximate surface area is 200 Å². The van der Waals surface area contributed by atoms with E-state index >= 15 is 0 Å². The molecular weight excluding hydrogens is 416 g/mol. The number of benzene rings is 1. The number of thioether (sulfide) groups is 1. The lowest BCUT2D eigenvalue weighted by atomic mass is 9.74. The zero-order valence-electron chi connectivity index (χ0n) is 21.4. The second-order valence-electron chi connectivity index (χ2n) is 9.94. The van der Waals surface area contributed by atoms with Crippen LogP contribution in [0.3, 0.4) is 0 Å². The molecule has 0 saturated carbocycles. The molecule has 180 valence electrons. The molecule has 1 aromatic rings. The smallest absolute Gasteiger partial charge is 0.303 e. The van der Waals surface area contributed by atoms with Crippen LogP contribution in [0.15, 0.2) is 40.8 Å². The fraction of sp³-hybridized carbons (Fsp3) is 0.607. The lowest BCUT2D eigenvalue weighted by Gasteiger charge is -2.35. The summed E-state index contributed by atoms with van der Waals surface area (Å²) in [5, 5.41) is 19.3. The van der Waals surface area contributed by atoms with Crippen LogP contribution in [0.5, 0.6) is 0 Å². The number of aryl methyl sites for hydroxylation is 2. The second-order valence-corrected chi connectivity index (χ2v) is 10.8. The average Bonchev–Trinajstić information content (AvgIpc) is 2.72. The van der Waals surface area contributed by atoms with E-state index in [1.807, 2.05) is 11.8 Å². The van der Waals surface area contributed by atoms with Gasteiger partial charge in [0.05, 0.1) is 6.10 Å². The maximum absolute atomic E-state index is 11.0. The molecule has 0 bridgehead atoms. The van der Waals surface area contributed by atoms with Crippen molar-refractivity contribution in [3.05, 3.63) is 57.5 Å². The first-order valence-corrected chi connectivity index (χ1v) is 13.1. The third-order valence-corrected chi connectivity index (χ3v) is 7.62. The summed E-state index contributed by atoms with van der Waals surface area (Å²) < 4.78 is 0. The molecule has 1 atom stereocenters. The Hall–Kier alpha value is -1.52. The Bertz CT molecular complexity index is 810. The van der Waals surface area contributed by atoms with Gasteiger partial charge < -0.3 is 10.2 Å². The number of allylic oxidation sites excluding steroid dienone is 4. The van der Waals surface area contributed by atoms with Crippen molar-refractivity contribution in [3.8, 4) is 0 Å². The van der Waals surface area contributed by atoms with Gasteiger partial charge in [-0.05, 0) is 85.3 Å². The van der Waals surface area contributed by atoms with E-state index in [1.165, 1.54) is 21.6 Å². The molecule has 0 spiro atoms. The molecule has 1 unspecified atom stereocenters. The molecule has 1 aromatic carbocycles. The molecular formula is C28H44O3S. The first-order valence-electron chi connectivity index (χ1n) is 11.8. The van der Waals surface area contributed by atoms with E-state index in [1.54, 1.807) is 0 Å². The number of aliphatic hydroxyl groups excluding tert-OH is 1. The maximum atomic E-state index is 11.0. The van der Waals surface area contributed by atoms with Crippen molar-refractivity contribution in [2.24, 2.45) is 5.41 Å². The van der Waals surface area contributed by atoms with Gasteiger partial charge in [0, 0.05) is 11.8 Å². The molecule has 1 rings (SSSR count). The van der Waals surface area contributed by atoms with Crippen molar-refractivity contribution >= 4 is 17.7 Å². The Balaban J connectivity index is 3.21. The normalized spacial score (nSPS) is 14.5. The fourth-order valence-corrected chi connectivity index (χ4v) is 5.33. The first kappa shape index (κ1) is 28.5. The van der Waals surface area contributed by atoms with Crippen LogP contribution in [0.1, 0.15) is 90.3 Å². The molecule has 0 aliphatic heterocycles. The van der Waals surface area contributed by atoms with Crippen molar-refractivity contribution < 1.29 is 15.0 Å². The van der Waals surface area contributed by atoms with Crippen LogP contribution in [0.2, 0.25) is 0 Å². The lowest BCUT2D eigenvalue weighted by Crippen LogP contribution is -2.26. The largest absolute Gasteiger partial charge is 0.481 e. The number of carboxylic acids is 1. The predicted molar refractivity (Wildman–Crippen MR) is 139 cm³/mol. The summed E-state index contributed by atoms with van der Waals surface area (Å²) in [6, 6.07) is 6.56. The highest BCUT2D eigenvalue weighted by Crippen LogP contribution is 2.44. The van der Waals surface area contributed by atoms with Gasteiger partial charge in [-0.15, -0.1) is 11.8 Å². The number of rotatable bonds is 12. The highest BCUT2D eigenvalue weighted by molar-refractivity contribution is 8.02. The molecule has 4 heteroatoms. The molecule has 0 aliphatic rings. The standard InChI is InChI=1S/C28H44O3S/c1-9-28(10-2,23-16-14-22(21(4)19-23)15-17-26(30)31)25(32-8)18-20(3)12-11-13-24(29)27(5,6)7/h12,14,16,18-19,24,29H,9-11,13,15,17H2,1-8H3,(H,30,31)/b20-12+,25-18-. The number of hydrogen-bond acceptors (Lipinski definition) is 3. The minimum atomic E-state index is -0.755. The minimum Gasteiger partial charge on any atom is -0.481 e. The summed E-state index contributed by atoms with van der Waals surface area (Å²) in [7, 11) is 0. The number of carboxylic acid groups (broad SMARTS) is 1. The van der Waals surface area contributed by atoms with Gasteiger partial charge in [-0.3, -0.25) is 4.79 Å². The summed E-state index contributed by atoms with van der Waals surface area (Å²) in [6.07, 6.45) is 10.8. The van der Waals surface area contributed by atoms with Crippen molar-refractivity contribution in [2.45, 2.75) is 98.5 Å². The Morgan fingerprint density at radius 2 is 1.81 bits per heavy atom. The van der Waals surface area contributed by atoms with Crippen molar-refractivity contribution in [1.82, 2.24) is 0 Å². The molecule has 0 amide bonds. The van der Waals surface area contributed by atoms with E-state index < -0.39 is 5.97 Å². The van der Waals surface area contributed by atoms with E-state index in [0.29, 0.717) is 6.42 Å². The summed E-state index contributed by atoms with van der Waals surface area (Å²) in [5.74, 6) is -0.755. The van der Waals surface area contributed by atoms with E-state index in [2.05, 4.69) is 85.1 Å². The molecule has 0 radical (unpaired) electrons. The highest BCUT2D eigenvalue weighted by Gasteiger charge is 2.33. The van der Waals surface area contributed by atoms with E-state index in [9.17, 15) is 9.90 Å². The van der Waals surface area contributed by atoms with Crippen LogP contribution in [-0.2, 0) is 16.6 Å². The van der Waals surface area contributed by atoms with Gasteiger partial charge in [0.15, 0.2) is 0 Å². The van der Waals surface area contributed by atoms with Crippen LogP contribution in [0.25, 0.3) is 0 Å². The van der Waals surface area contributed by atoms with Crippen molar-refractivity contribution in [3.63, 3.8) is 0 Å². The number of aliphatic hydroxyl groups is 1. The molecule has 3 nitrogen and oxygen atoms in total. The van der Waals surface area contributed by atoms with Crippen molar-refractivity contribution in [1.29, 1.82) is 0 Å². The van der Waals surface area contributed by atoms with Gasteiger partial charge in [-0.25, -0.2) is 0 Å². The number of carbonyl (C=O) groups is 1. The third kappa shape index (κ3) is 7.81. The maximum Gasteiger partial charge on any atom is 0.303 e. The van der Waals surface area contributed by atoms with Gasteiger partial charge >= 0.3 is 5.97 Å². The van der Waals surface area contributed by atoms with Gasteiger partial charge in [0.25, 0.3) is 0 Å². The zero-order valence-corrected chi connectivity index (χ0v) is 22.2.